The summed E-state index contributed by atoms with van der Waals surface area (Å²) in [7, 11) is 0. The molecule has 0 radical (unpaired) electrons. The molecule has 222 valence electrons. The van der Waals surface area contributed by atoms with Crippen molar-refractivity contribution in [3.63, 3.8) is 0 Å². The number of hydrogen-bond acceptors (Lipinski definition) is 6. The van der Waals surface area contributed by atoms with Gasteiger partial charge < -0.3 is 20.6 Å². The summed E-state index contributed by atoms with van der Waals surface area (Å²) in [5.74, 6) is -2.19. The minimum Gasteiger partial charge on any atom is -0.391 e. The summed E-state index contributed by atoms with van der Waals surface area (Å²) in [4.78, 5) is 46.3. The zero-order valence-electron chi connectivity index (χ0n) is 23.9. The molecule has 3 N–H and O–H groups in total. The van der Waals surface area contributed by atoms with Crippen LogP contribution in [0.25, 0.3) is 10.4 Å². The van der Waals surface area contributed by atoms with Crippen LogP contribution in [0.4, 0.5) is 8.78 Å². The molecule has 1 saturated heterocycles. The molecule has 0 bridgehead atoms. The molecule has 2 aliphatic carbocycles. The van der Waals surface area contributed by atoms with E-state index in [0.717, 1.165) is 35.4 Å². The van der Waals surface area contributed by atoms with Gasteiger partial charge in [0.05, 0.1) is 28.2 Å². The number of benzene rings is 1. The molecule has 0 unspecified atom stereocenters. The molecule has 2 aromatic rings. The van der Waals surface area contributed by atoms with Crippen molar-refractivity contribution in [1.82, 2.24) is 20.5 Å². The Balaban J connectivity index is 1.37. The van der Waals surface area contributed by atoms with Crippen molar-refractivity contribution in [3.8, 4) is 10.4 Å². The number of aromatic nitrogens is 1. The van der Waals surface area contributed by atoms with E-state index < -0.39 is 53.0 Å². The van der Waals surface area contributed by atoms with Gasteiger partial charge in [-0.1, -0.05) is 27.2 Å². The lowest BCUT2D eigenvalue weighted by Gasteiger charge is -2.36. The molecule has 8 nitrogen and oxygen atoms in total. The zero-order chi connectivity index (χ0) is 29.7. The largest absolute Gasteiger partial charge is 0.391 e. The summed E-state index contributed by atoms with van der Waals surface area (Å²) in [5, 5.41) is 16.1. The second-order valence-electron chi connectivity index (χ2n) is 12.7. The highest BCUT2D eigenvalue weighted by Crippen LogP contribution is 2.41. The highest BCUT2D eigenvalue weighted by atomic mass is 32.1. The maximum absolute atomic E-state index is 15.4. The van der Waals surface area contributed by atoms with Crippen LogP contribution in [-0.4, -0.2) is 63.1 Å². The minimum atomic E-state index is -1.95. The number of fused-ring (bicyclic) bond motifs is 1. The second-order valence-corrected chi connectivity index (χ2v) is 13.6. The molecule has 0 spiro atoms. The highest BCUT2D eigenvalue weighted by molar-refractivity contribution is 7.13. The van der Waals surface area contributed by atoms with Gasteiger partial charge in [-0.3, -0.25) is 14.4 Å². The standard InChI is InChI=1S/C30H38F2N4O4S/c1-16-24(41-15-33-16)20-11-17-7-5-6-8-22(19(17)13-21(20)31)34-26(38)23-12-18(37)14-36(23)27(39)25(29(2,3)4)35-28(40)30(32)9-10-30/h11,13,15,18,22-23,25,37H,5-10,12,14H2,1-4H3,(H,34,38)(H,35,40)/t18-,22+,23+,25+/m1/s1. The topological polar surface area (TPSA) is 112 Å². The highest BCUT2D eigenvalue weighted by Gasteiger charge is 2.53. The number of aliphatic hydroxyl groups excluding tert-OH is 1. The number of aliphatic hydroxyl groups is 1. The average molecular weight is 589 g/mol. The molecule has 1 saturated carbocycles. The number of aryl methyl sites for hydroxylation is 2. The zero-order valence-corrected chi connectivity index (χ0v) is 24.7. The van der Waals surface area contributed by atoms with Crippen molar-refractivity contribution >= 4 is 29.1 Å². The van der Waals surface area contributed by atoms with E-state index in [9.17, 15) is 23.9 Å². The Morgan fingerprint density at radius 2 is 1.95 bits per heavy atom. The summed E-state index contributed by atoms with van der Waals surface area (Å²) >= 11 is 1.39. The molecular formula is C30H38F2N4O4S. The molecule has 4 atom stereocenters. The van der Waals surface area contributed by atoms with Crippen LogP contribution in [0.3, 0.4) is 0 Å². The average Bonchev–Trinajstić information content (AvgIpc) is 3.40. The maximum Gasteiger partial charge on any atom is 0.258 e. The van der Waals surface area contributed by atoms with E-state index in [2.05, 4.69) is 15.6 Å². The number of hydrogen-bond donors (Lipinski definition) is 3. The monoisotopic (exact) mass is 588 g/mol. The third-order valence-corrected chi connectivity index (χ3v) is 9.41. The van der Waals surface area contributed by atoms with Crippen LogP contribution < -0.4 is 10.6 Å². The van der Waals surface area contributed by atoms with Gasteiger partial charge in [-0.15, -0.1) is 11.3 Å². The summed E-state index contributed by atoms with van der Waals surface area (Å²) in [6.45, 7) is 7.05. The summed E-state index contributed by atoms with van der Waals surface area (Å²) in [6, 6.07) is 0.849. The molecule has 41 heavy (non-hydrogen) atoms. The third kappa shape index (κ3) is 6.02. The lowest BCUT2D eigenvalue weighted by molar-refractivity contribution is -0.145. The molecule has 3 amide bonds. The van der Waals surface area contributed by atoms with Gasteiger partial charge in [0.15, 0.2) is 5.67 Å². The number of alkyl halides is 1. The van der Waals surface area contributed by atoms with Crippen molar-refractivity contribution in [1.29, 1.82) is 0 Å². The minimum absolute atomic E-state index is 0.0347. The quantitative estimate of drug-likeness (QED) is 0.440. The van der Waals surface area contributed by atoms with E-state index in [1.54, 1.807) is 26.3 Å². The first-order valence-electron chi connectivity index (χ1n) is 14.3. The third-order valence-electron chi connectivity index (χ3n) is 8.45. The van der Waals surface area contributed by atoms with Crippen LogP contribution >= 0.6 is 11.3 Å². The molecule has 1 aromatic carbocycles. The first-order chi connectivity index (χ1) is 19.3. The smallest absolute Gasteiger partial charge is 0.258 e. The van der Waals surface area contributed by atoms with E-state index in [1.807, 2.05) is 13.0 Å². The van der Waals surface area contributed by atoms with Gasteiger partial charge in [0.1, 0.15) is 17.9 Å². The Bertz CT molecular complexity index is 1350. The van der Waals surface area contributed by atoms with Gasteiger partial charge in [-0.05, 0) is 67.7 Å². The van der Waals surface area contributed by atoms with Gasteiger partial charge in [-0.2, -0.15) is 0 Å². The molecular weight excluding hydrogens is 550 g/mol. The first-order valence-corrected chi connectivity index (χ1v) is 15.2. The summed E-state index contributed by atoms with van der Waals surface area (Å²) < 4.78 is 29.8. The van der Waals surface area contributed by atoms with Gasteiger partial charge in [0, 0.05) is 18.5 Å². The van der Waals surface area contributed by atoms with E-state index in [1.165, 1.54) is 22.3 Å². The van der Waals surface area contributed by atoms with Crippen LogP contribution in [0.15, 0.2) is 17.6 Å². The molecule has 5 rings (SSSR count). The van der Waals surface area contributed by atoms with Crippen LogP contribution in [0, 0.1) is 18.2 Å². The number of rotatable bonds is 6. The van der Waals surface area contributed by atoms with Crippen molar-refractivity contribution in [2.24, 2.45) is 5.41 Å². The second kappa shape index (κ2) is 11.1. The molecule has 1 aromatic heterocycles. The van der Waals surface area contributed by atoms with Crippen molar-refractivity contribution in [3.05, 3.63) is 40.3 Å². The fraction of sp³-hybridized carbons (Fsp3) is 0.600. The molecule has 3 aliphatic rings. The maximum atomic E-state index is 15.4. The Labute approximate surface area is 242 Å². The predicted molar refractivity (Wildman–Crippen MR) is 151 cm³/mol. The van der Waals surface area contributed by atoms with Crippen molar-refractivity contribution < 1.29 is 28.3 Å². The fourth-order valence-electron chi connectivity index (χ4n) is 5.86. The Morgan fingerprint density at radius 3 is 2.59 bits per heavy atom. The Kier molecular flexibility index (Phi) is 7.97. The number of carbonyl (C=O) groups is 3. The van der Waals surface area contributed by atoms with E-state index in [-0.39, 0.29) is 31.6 Å². The van der Waals surface area contributed by atoms with Crippen LogP contribution in [0.1, 0.15) is 82.2 Å². The van der Waals surface area contributed by atoms with E-state index in [4.69, 9.17) is 0 Å². The number of amides is 3. The number of likely N-dealkylation sites (tertiary alicyclic amines) is 1. The number of β-amino-alcohol motifs (C(OH)–C–C–N with tert-alkyl or cyclic N) is 1. The van der Waals surface area contributed by atoms with Crippen LogP contribution in [-0.2, 0) is 20.8 Å². The number of thiazole rings is 1. The lowest BCUT2D eigenvalue weighted by Crippen LogP contribution is -2.59. The number of nitrogens with one attached hydrogen (secondary N) is 2. The van der Waals surface area contributed by atoms with E-state index >= 15 is 4.39 Å². The van der Waals surface area contributed by atoms with Crippen LogP contribution in [0.2, 0.25) is 0 Å². The Hall–Kier alpha value is -2.92. The normalized spacial score (nSPS) is 24.3. The van der Waals surface area contributed by atoms with Crippen molar-refractivity contribution in [2.45, 2.75) is 103 Å². The first kappa shape index (κ1) is 29.6. The molecule has 1 aliphatic heterocycles. The van der Waals surface area contributed by atoms with Gasteiger partial charge in [0.25, 0.3) is 5.91 Å². The molecule has 2 fully saturated rings. The number of carbonyl (C=O) groups excluding carboxylic acids is 3. The van der Waals surface area contributed by atoms with Gasteiger partial charge in [-0.25, -0.2) is 13.8 Å². The number of halogens is 2. The number of nitrogens with zero attached hydrogens (tertiary/aromatic N) is 2. The van der Waals surface area contributed by atoms with Gasteiger partial charge in [0.2, 0.25) is 11.8 Å². The fourth-order valence-corrected chi connectivity index (χ4v) is 6.69. The van der Waals surface area contributed by atoms with E-state index in [0.29, 0.717) is 17.5 Å². The molecule has 2 heterocycles. The predicted octanol–water partition coefficient (Wildman–Crippen LogP) is 4.14. The summed E-state index contributed by atoms with van der Waals surface area (Å²) in [6.07, 6.45) is 2.43. The summed E-state index contributed by atoms with van der Waals surface area (Å²) in [5.41, 5.74) is 1.92. The lowest BCUT2D eigenvalue weighted by atomic mass is 9.85. The van der Waals surface area contributed by atoms with Crippen LogP contribution in [0.5, 0.6) is 0 Å². The van der Waals surface area contributed by atoms with Gasteiger partial charge >= 0.3 is 0 Å². The SMILES string of the molecule is Cc1ncsc1-c1cc2c(cc1F)[C@@H](NC(=O)[C@@H]1C[C@@H](O)CN1C(=O)[C@H](NC(=O)C1(F)CC1)C(C)(C)C)CCCC2. The van der Waals surface area contributed by atoms with Crippen molar-refractivity contribution in [2.75, 3.05) is 6.54 Å². The Morgan fingerprint density at radius 1 is 1.22 bits per heavy atom. The molecule has 11 heteroatoms.